The summed E-state index contributed by atoms with van der Waals surface area (Å²) in [5, 5.41) is 13.9. The molecule has 2 heterocycles. The van der Waals surface area contributed by atoms with Crippen LogP contribution in [0.25, 0.3) is 0 Å². The lowest BCUT2D eigenvalue weighted by Gasteiger charge is -2.48. The van der Waals surface area contributed by atoms with Gasteiger partial charge in [-0.25, -0.2) is 4.79 Å². The number of nitrogens with zero attached hydrogens (tertiary/aromatic N) is 1. The van der Waals surface area contributed by atoms with Gasteiger partial charge < -0.3 is 15.2 Å². The molecule has 0 bridgehead atoms. The maximum atomic E-state index is 12.3. The van der Waals surface area contributed by atoms with Gasteiger partial charge >= 0.3 is 11.9 Å². The Bertz CT molecular complexity index is 668. The van der Waals surface area contributed by atoms with Crippen LogP contribution in [-0.4, -0.2) is 63.2 Å². The molecule has 0 aliphatic carbocycles. The molecule has 2 amide bonds. The lowest BCUT2D eigenvalue weighted by Crippen LogP contribution is -2.75. The standard InChI is InChI=1S/C14H15BrN2O6S2/c15-5-8-11(16-9(18)4-7-2-1-3-25-7)12(20)17(8)13(14(21)22)23-10(19)6-24/h1-3,8,11,13,24H,4-6H2,(H,16,18)(H,21,22). The minimum Gasteiger partial charge on any atom is -0.477 e. The van der Waals surface area contributed by atoms with Crippen LogP contribution in [0.3, 0.4) is 0 Å². The SMILES string of the molecule is O=C(Cc1cccs1)NC1C(=O)N(C(OC(=O)CS)C(=O)O)C1CBr. The van der Waals surface area contributed by atoms with Gasteiger partial charge in [0.25, 0.3) is 12.1 Å². The topological polar surface area (TPSA) is 113 Å². The van der Waals surface area contributed by atoms with Gasteiger partial charge in [-0.05, 0) is 11.4 Å². The van der Waals surface area contributed by atoms with Gasteiger partial charge in [0.05, 0.1) is 18.2 Å². The van der Waals surface area contributed by atoms with E-state index in [1.165, 1.54) is 11.3 Å². The van der Waals surface area contributed by atoms with Crippen LogP contribution in [0.15, 0.2) is 17.5 Å². The molecule has 8 nitrogen and oxygen atoms in total. The average molecular weight is 451 g/mol. The molecule has 1 fully saturated rings. The summed E-state index contributed by atoms with van der Waals surface area (Å²) in [4.78, 5) is 48.8. The second-order valence-corrected chi connectivity index (χ2v) is 7.10. The fourth-order valence-electron chi connectivity index (χ4n) is 2.36. The quantitative estimate of drug-likeness (QED) is 0.226. The van der Waals surface area contributed by atoms with Crippen molar-refractivity contribution in [3.63, 3.8) is 0 Å². The van der Waals surface area contributed by atoms with E-state index in [1.54, 1.807) is 6.07 Å². The van der Waals surface area contributed by atoms with Crippen molar-refractivity contribution in [1.29, 1.82) is 0 Å². The number of rotatable bonds is 8. The van der Waals surface area contributed by atoms with Crippen molar-refractivity contribution in [3.05, 3.63) is 22.4 Å². The number of carbonyl (C=O) groups excluding carboxylic acids is 3. The van der Waals surface area contributed by atoms with E-state index < -0.39 is 36.2 Å². The molecular weight excluding hydrogens is 436 g/mol. The summed E-state index contributed by atoms with van der Waals surface area (Å²) < 4.78 is 4.76. The van der Waals surface area contributed by atoms with E-state index in [-0.39, 0.29) is 23.4 Å². The van der Waals surface area contributed by atoms with Crippen LogP contribution in [-0.2, 0) is 30.3 Å². The van der Waals surface area contributed by atoms with Crippen LogP contribution in [0, 0.1) is 0 Å². The first-order valence-electron chi connectivity index (χ1n) is 7.12. The van der Waals surface area contributed by atoms with Crippen molar-refractivity contribution in [1.82, 2.24) is 10.2 Å². The zero-order valence-corrected chi connectivity index (χ0v) is 16.1. The van der Waals surface area contributed by atoms with E-state index in [0.29, 0.717) is 0 Å². The van der Waals surface area contributed by atoms with Crippen molar-refractivity contribution in [2.45, 2.75) is 24.7 Å². The molecule has 136 valence electrons. The molecule has 2 N–H and O–H groups in total. The largest absolute Gasteiger partial charge is 0.477 e. The number of nitrogens with one attached hydrogen (secondary N) is 1. The van der Waals surface area contributed by atoms with E-state index in [0.717, 1.165) is 9.78 Å². The zero-order valence-electron chi connectivity index (χ0n) is 12.8. The van der Waals surface area contributed by atoms with Gasteiger partial charge in [-0.1, -0.05) is 22.0 Å². The third kappa shape index (κ3) is 4.53. The summed E-state index contributed by atoms with van der Waals surface area (Å²) in [7, 11) is 0. The Kier molecular flexibility index (Phi) is 6.85. The number of esters is 1. The van der Waals surface area contributed by atoms with E-state index in [4.69, 9.17) is 4.74 Å². The number of carboxylic acid groups (broad SMARTS) is 1. The first kappa shape index (κ1) is 19.7. The fourth-order valence-corrected chi connectivity index (χ4v) is 3.83. The molecule has 25 heavy (non-hydrogen) atoms. The zero-order chi connectivity index (χ0) is 18.6. The number of hydrogen-bond acceptors (Lipinski definition) is 7. The number of carbonyl (C=O) groups is 4. The molecule has 1 aromatic rings. The third-order valence-corrected chi connectivity index (χ3v) is 5.29. The number of likely N-dealkylation sites (tertiary alicyclic amines) is 1. The van der Waals surface area contributed by atoms with Gasteiger partial charge in [-0.15, -0.1) is 11.3 Å². The van der Waals surface area contributed by atoms with Crippen LogP contribution >= 0.6 is 39.9 Å². The van der Waals surface area contributed by atoms with Crippen LogP contribution in [0.2, 0.25) is 0 Å². The summed E-state index contributed by atoms with van der Waals surface area (Å²) in [5.41, 5.74) is 0. The summed E-state index contributed by atoms with van der Waals surface area (Å²) in [6.45, 7) is 0. The fraction of sp³-hybridized carbons (Fsp3) is 0.429. The molecule has 0 aromatic carbocycles. The van der Waals surface area contributed by atoms with Gasteiger partial charge in [-0.2, -0.15) is 12.6 Å². The monoisotopic (exact) mass is 450 g/mol. The maximum absolute atomic E-state index is 12.3. The van der Waals surface area contributed by atoms with E-state index in [2.05, 4.69) is 33.9 Å². The Labute approximate surface area is 161 Å². The van der Waals surface area contributed by atoms with Crippen molar-refractivity contribution >= 4 is 63.6 Å². The number of carboxylic acids is 1. The molecule has 3 atom stereocenters. The van der Waals surface area contributed by atoms with Crippen LogP contribution in [0.4, 0.5) is 0 Å². The highest BCUT2D eigenvalue weighted by molar-refractivity contribution is 9.09. The Hall–Kier alpha value is -1.59. The Morgan fingerprint density at radius 3 is 2.72 bits per heavy atom. The highest BCUT2D eigenvalue weighted by Gasteiger charge is 2.53. The van der Waals surface area contributed by atoms with Crippen molar-refractivity contribution in [3.8, 4) is 0 Å². The number of β-lactam (4-membered cyclic amide) rings is 1. The molecule has 1 aromatic heterocycles. The number of halogens is 1. The number of aliphatic carboxylic acids is 1. The molecule has 1 saturated heterocycles. The number of hydrogen-bond donors (Lipinski definition) is 3. The van der Waals surface area contributed by atoms with Gasteiger partial charge in [0, 0.05) is 10.2 Å². The first-order valence-corrected chi connectivity index (χ1v) is 9.75. The normalized spacial score (nSPS) is 20.6. The third-order valence-electron chi connectivity index (χ3n) is 3.49. The lowest BCUT2D eigenvalue weighted by molar-refractivity contribution is -0.193. The lowest BCUT2D eigenvalue weighted by atomic mass is 9.95. The minimum atomic E-state index is -1.75. The Morgan fingerprint density at radius 1 is 1.48 bits per heavy atom. The van der Waals surface area contributed by atoms with Crippen LogP contribution in [0.5, 0.6) is 0 Å². The number of thiol groups is 1. The Balaban J connectivity index is 2.03. The van der Waals surface area contributed by atoms with Crippen LogP contribution in [0.1, 0.15) is 4.88 Å². The van der Waals surface area contributed by atoms with E-state index in [9.17, 15) is 24.3 Å². The predicted molar refractivity (Wildman–Crippen MR) is 95.8 cm³/mol. The van der Waals surface area contributed by atoms with Crippen molar-refractivity contribution < 1.29 is 29.0 Å². The van der Waals surface area contributed by atoms with Gasteiger partial charge in [0.15, 0.2) is 0 Å². The second kappa shape index (κ2) is 8.68. The number of ether oxygens (including phenoxy) is 1. The minimum absolute atomic E-state index is 0.132. The molecular formula is C14H15BrN2O6S2. The van der Waals surface area contributed by atoms with Gasteiger partial charge in [0.2, 0.25) is 5.91 Å². The number of amides is 2. The van der Waals surface area contributed by atoms with Gasteiger partial charge in [0.1, 0.15) is 6.04 Å². The predicted octanol–water partition coefficient (Wildman–Crippen LogP) is 0.265. The van der Waals surface area contributed by atoms with Crippen LogP contribution < -0.4 is 5.32 Å². The summed E-state index contributed by atoms with van der Waals surface area (Å²) in [6.07, 6.45) is -1.62. The summed E-state index contributed by atoms with van der Waals surface area (Å²) in [6, 6.07) is 2.10. The van der Waals surface area contributed by atoms with E-state index in [1.807, 2.05) is 11.4 Å². The average Bonchev–Trinajstić information content (AvgIpc) is 3.08. The smallest absolute Gasteiger partial charge is 0.367 e. The molecule has 11 heteroatoms. The van der Waals surface area contributed by atoms with Crippen molar-refractivity contribution in [2.24, 2.45) is 0 Å². The molecule has 3 unspecified atom stereocenters. The molecule has 0 saturated carbocycles. The highest BCUT2D eigenvalue weighted by atomic mass is 79.9. The second-order valence-electron chi connectivity index (χ2n) is 5.11. The molecule has 0 radical (unpaired) electrons. The molecule has 0 spiro atoms. The number of alkyl halides is 1. The Morgan fingerprint density at radius 2 is 2.20 bits per heavy atom. The summed E-state index contributed by atoms with van der Waals surface area (Å²) >= 11 is 8.33. The van der Waals surface area contributed by atoms with E-state index >= 15 is 0 Å². The number of thiophene rings is 1. The first-order chi connectivity index (χ1) is 11.9. The summed E-state index contributed by atoms with van der Waals surface area (Å²) in [5.74, 6) is -3.61. The highest BCUT2D eigenvalue weighted by Crippen LogP contribution is 2.26. The maximum Gasteiger partial charge on any atom is 0.367 e. The van der Waals surface area contributed by atoms with Gasteiger partial charge in [-0.3, -0.25) is 19.3 Å². The molecule has 1 aliphatic heterocycles. The molecule has 1 aliphatic rings. The molecule has 2 rings (SSSR count). The van der Waals surface area contributed by atoms with Crippen molar-refractivity contribution in [2.75, 3.05) is 11.1 Å².